The second-order valence-corrected chi connectivity index (χ2v) is 8.72. The van der Waals surface area contributed by atoms with Crippen LogP contribution in [0.2, 0.25) is 0 Å². The Bertz CT molecular complexity index is 1150. The van der Waals surface area contributed by atoms with Gasteiger partial charge in [0, 0.05) is 20.2 Å². The van der Waals surface area contributed by atoms with E-state index in [9.17, 15) is 13.6 Å². The van der Waals surface area contributed by atoms with Crippen LogP contribution in [0.5, 0.6) is 0 Å². The minimum atomic E-state index is -0.789. The van der Waals surface area contributed by atoms with Gasteiger partial charge in [-0.3, -0.25) is 9.48 Å². The molecule has 0 saturated carbocycles. The normalized spacial score (nSPS) is 21.1. The summed E-state index contributed by atoms with van der Waals surface area (Å²) in [6.45, 7) is 0.303. The Morgan fingerprint density at radius 3 is 2.76 bits per heavy atom. The number of nitrogens with one attached hydrogen (secondary N) is 1. The van der Waals surface area contributed by atoms with E-state index >= 15 is 0 Å². The summed E-state index contributed by atoms with van der Waals surface area (Å²) in [6, 6.07) is 3.31. The van der Waals surface area contributed by atoms with Crippen molar-refractivity contribution in [2.24, 2.45) is 12.8 Å². The number of aryl methyl sites for hydroxylation is 1. The van der Waals surface area contributed by atoms with Crippen LogP contribution < -0.4 is 16.8 Å². The van der Waals surface area contributed by atoms with E-state index < -0.39 is 17.5 Å². The van der Waals surface area contributed by atoms with E-state index in [1.165, 1.54) is 12.3 Å². The highest BCUT2D eigenvalue weighted by Gasteiger charge is 2.30. The van der Waals surface area contributed by atoms with Crippen molar-refractivity contribution in [2.75, 3.05) is 24.8 Å². The highest BCUT2D eigenvalue weighted by molar-refractivity contribution is 7.19. The van der Waals surface area contributed by atoms with Crippen molar-refractivity contribution in [1.29, 1.82) is 0 Å². The molecule has 3 heterocycles. The second kappa shape index (κ2) is 9.51. The molecular weight excluding hydrogens is 454 g/mol. The van der Waals surface area contributed by atoms with Crippen molar-refractivity contribution in [3.05, 3.63) is 47.4 Å². The summed E-state index contributed by atoms with van der Waals surface area (Å²) in [7, 11) is 3.33. The molecule has 0 spiro atoms. The number of ether oxygens (including phenoxy) is 2. The third-order valence-electron chi connectivity index (χ3n) is 5.59. The van der Waals surface area contributed by atoms with Crippen molar-refractivity contribution in [3.8, 4) is 10.6 Å². The number of halogens is 2. The van der Waals surface area contributed by atoms with Crippen LogP contribution in [-0.4, -0.2) is 46.5 Å². The molecule has 5 N–H and O–H groups in total. The van der Waals surface area contributed by atoms with Crippen molar-refractivity contribution in [1.82, 2.24) is 14.8 Å². The molecule has 1 fully saturated rings. The average molecular weight is 479 g/mol. The lowest BCUT2D eigenvalue weighted by molar-refractivity contribution is -0.0211. The zero-order valence-corrected chi connectivity index (χ0v) is 18.9. The quantitative estimate of drug-likeness (QED) is 0.514. The lowest BCUT2D eigenvalue weighted by Crippen LogP contribution is -2.37. The minimum Gasteiger partial charge on any atom is -0.389 e. The maximum absolute atomic E-state index is 14.1. The van der Waals surface area contributed by atoms with Gasteiger partial charge in [0.25, 0.3) is 5.91 Å². The van der Waals surface area contributed by atoms with Gasteiger partial charge in [0.2, 0.25) is 0 Å². The van der Waals surface area contributed by atoms with E-state index in [1.54, 1.807) is 18.8 Å². The third-order valence-corrected chi connectivity index (χ3v) is 6.49. The highest BCUT2D eigenvalue weighted by Crippen LogP contribution is 2.35. The van der Waals surface area contributed by atoms with Crippen LogP contribution >= 0.6 is 11.3 Å². The van der Waals surface area contributed by atoms with Gasteiger partial charge in [-0.25, -0.2) is 13.8 Å². The number of thiazole rings is 1. The average Bonchev–Trinajstić information content (AvgIpc) is 3.26. The number of carbonyl (C=O) groups is 1. The van der Waals surface area contributed by atoms with Crippen molar-refractivity contribution >= 4 is 27.9 Å². The van der Waals surface area contributed by atoms with Crippen LogP contribution in [0.25, 0.3) is 10.6 Å². The molecule has 0 aliphatic carbocycles. The summed E-state index contributed by atoms with van der Waals surface area (Å²) in [5.41, 5.74) is 12.7. The molecule has 1 aliphatic heterocycles. The van der Waals surface area contributed by atoms with E-state index in [0.29, 0.717) is 30.8 Å². The number of nitrogen functional groups attached to an aromatic ring is 1. The predicted molar refractivity (Wildman–Crippen MR) is 120 cm³/mol. The number of nitrogens with zero attached hydrogens (tertiary/aromatic N) is 3. The van der Waals surface area contributed by atoms with Crippen LogP contribution in [0, 0.1) is 11.6 Å². The smallest absolute Gasteiger partial charge is 0.277 e. The lowest BCUT2D eigenvalue weighted by atomic mass is 10.0. The van der Waals surface area contributed by atoms with Crippen LogP contribution in [0.15, 0.2) is 24.4 Å². The molecule has 1 aliphatic rings. The highest BCUT2D eigenvalue weighted by atomic mass is 32.1. The maximum atomic E-state index is 14.1. The number of aromatic nitrogens is 3. The Hall–Kier alpha value is -2.93. The number of carbonyl (C=O) groups excluding carboxylic acids is 1. The fourth-order valence-electron chi connectivity index (χ4n) is 3.82. The molecule has 3 atom stereocenters. The number of benzene rings is 1. The van der Waals surface area contributed by atoms with Gasteiger partial charge in [-0.1, -0.05) is 17.4 Å². The number of hydrogen-bond acceptors (Lipinski definition) is 8. The first-order valence-corrected chi connectivity index (χ1v) is 11.1. The monoisotopic (exact) mass is 478 g/mol. The summed E-state index contributed by atoms with van der Waals surface area (Å²) in [4.78, 5) is 17.1. The Labute approximate surface area is 192 Å². The number of hydrogen-bond donors (Lipinski definition) is 3. The summed E-state index contributed by atoms with van der Waals surface area (Å²) < 4.78 is 41.3. The molecule has 0 bridgehead atoms. The molecular formula is C21H24F2N6O3S. The molecule has 9 nitrogen and oxygen atoms in total. The van der Waals surface area contributed by atoms with Gasteiger partial charge < -0.3 is 26.3 Å². The third kappa shape index (κ3) is 4.60. The zero-order valence-electron chi connectivity index (χ0n) is 18.0. The molecule has 2 aromatic heterocycles. The van der Waals surface area contributed by atoms with Gasteiger partial charge in [0.05, 0.1) is 35.9 Å². The van der Waals surface area contributed by atoms with Gasteiger partial charge in [0.15, 0.2) is 5.69 Å². The first kappa shape index (κ1) is 23.2. The van der Waals surface area contributed by atoms with Crippen LogP contribution in [0.3, 0.4) is 0 Å². The van der Waals surface area contributed by atoms with E-state index in [4.69, 9.17) is 20.9 Å². The summed E-state index contributed by atoms with van der Waals surface area (Å²) >= 11 is 0.830. The molecule has 4 rings (SSSR count). The first-order chi connectivity index (χ1) is 15.8. The van der Waals surface area contributed by atoms with Crippen molar-refractivity contribution < 1.29 is 23.0 Å². The fraction of sp³-hybridized carbons (Fsp3) is 0.381. The molecule has 1 amide bonds. The number of methoxy groups -OCH3 is 1. The molecule has 0 radical (unpaired) electrons. The van der Waals surface area contributed by atoms with Crippen LogP contribution in [0.1, 0.15) is 35.1 Å². The largest absolute Gasteiger partial charge is 0.389 e. The molecule has 12 heteroatoms. The Balaban J connectivity index is 1.58. The standard InChI is InChI=1S/C21H24F2N6O3S/c1-29-18(14-7-6-12(24)15(31-2)9-32-14)13(8-26-29)27-20(30)17-19(25)33-21(28-17)16-10(22)4-3-5-11(16)23/h3-5,8,12,14-15H,6-7,9,24-25H2,1-2H3,(H,27,30)/t12-,14+,15+/m1/s1. The lowest BCUT2D eigenvalue weighted by Gasteiger charge is -2.19. The summed E-state index contributed by atoms with van der Waals surface area (Å²) in [5.74, 6) is -2.20. The van der Waals surface area contributed by atoms with Gasteiger partial charge in [0.1, 0.15) is 27.7 Å². The van der Waals surface area contributed by atoms with E-state index in [2.05, 4.69) is 15.4 Å². The first-order valence-electron chi connectivity index (χ1n) is 10.2. The maximum Gasteiger partial charge on any atom is 0.277 e. The molecule has 1 saturated heterocycles. The van der Waals surface area contributed by atoms with E-state index in [-0.39, 0.29) is 39.5 Å². The van der Waals surface area contributed by atoms with Crippen molar-refractivity contribution in [3.63, 3.8) is 0 Å². The number of anilines is 2. The molecule has 3 aromatic rings. The molecule has 0 unspecified atom stereocenters. The SMILES string of the molecule is CO[C@H]1CO[C@H](c2c(NC(=O)c3nc(-c4c(F)cccc4F)sc3N)cnn2C)CC[C@H]1N. The van der Waals surface area contributed by atoms with Gasteiger partial charge >= 0.3 is 0 Å². The Morgan fingerprint density at radius 1 is 1.33 bits per heavy atom. The number of amides is 1. The van der Waals surface area contributed by atoms with E-state index in [1.807, 2.05) is 0 Å². The Morgan fingerprint density at radius 2 is 2.06 bits per heavy atom. The number of rotatable bonds is 5. The van der Waals surface area contributed by atoms with E-state index in [0.717, 1.165) is 23.5 Å². The zero-order chi connectivity index (χ0) is 23.7. The molecule has 33 heavy (non-hydrogen) atoms. The topological polar surface area (TPSA) is 130 Å². The second-order valence-electron chi connectivity index (χ2n) is 7.69. The van der Waals surface area contributed by atoms with Crippen LogP contribution in [-0.2, 0) is 16.5 Å². The van der Waals surface area contributed by atoms with Gasteiger partial charge in [-0.15, -0.1) is 0 Å². The number of nitrogens with two attached hydrogens (primary N) is 2. The summed E-state index contributed by atoms with van der Waals surface area (Å²) in [6.07, 6.45) is 2.18. The minimum absolute atomic E-state index is 0.0219. The van der Waals surface area contributed by atoms with Crippen LogP contribution in [0.4, 0.5) is 19.5 Å². The molecule has 176 valence electrons. The van der Waals surface area contributed by atoms with Gasteiger partial charge in [-0.2, -0.15) is 5.10 Å². The predicted octanol–water partition coefficient (Wildman–Crippen LogP) is 2.85. The Kier molecular flexibility index (Phi) is 6.70. The van der Waals surface area contributed by atoms with Crippen molar-refractivity contribution in [2.45, 2.75) is 31.1 Å². The van der Waals surface area contributed by atoms with Gasteiger partial charge in [-0.05, 0) is 25.0 Å². The fourth-order valence-corrected chi connectivity index (χ4v) is 4.69. The summed E-state index contributed by atoms with van der Waals surface area (Å²) in [5, 5.41) is 7.00. The molecule has 1 aromatic carbocycles.